The Balaban J connectivity index is 1.50. The van der Waals surface area contributed by atoms with Crippen LogP contribution in [0.3, 0.4) is 0 Å². The molecule has 1 unspecified atom stereocenters. The van der Waals surface area contributed by atoms with Crippen molar-refractivity contribution in [2.45, 2.75) is 31.2 Å². The number of nitrogens with zero attached hydrogens (tertiary/aromatic N) is 3. The number of alkyl halides is 2. The van der Waals surface area contributed by atoms with Crippen LogP contribution in [0.5, 0.6) is 0 Å². The molecule has 1 N–H and O–H groups in total. The summed E-state index contributed by atoms with van der Waals surface area (Å²) in [5, 5.41) is 6.57. The Morgan fingerprint density at radius 3 is 2.57 bits per heavy atom. The third kappa shape index (κ3) is 3.76. The monoisotopic (exact) mass is 388 g/mol. The lowest BCUT2D eigenvalue weighted by Gasteiger charge is -2.44. The number of aromatic nitrogens is 2. The molecular formula is C20H22F2N4O2. The van der Waals surface area contributed by atoms with Gasteiger partial charge in [-0.25, -0.2) is 8.78 Å². The summed E-state index contributed by atoms with van der Waals surface area (Å²) in [6, 6.07) is 9.23. The summed E-state index contributed by atoms with van der Waals surface area (Å²) in [7, 11) is 0. The van der Waals surface area contributed by atoms with Crippen LogP contribution in [-0.4, -0.2) is 57.4 Å². The normalized spacial score (nSPS) is 22.0. The van der Waals surface area contributed by atoms with Crippen LogP contribution in [0.25, 0.3) is 0 Å². The predicted molar refractivity (Wildman–Crippen MR) is 97.4 cm³/mol. The van der Waals surface area contributed by atoms with Crippen molar-refractivity contribution in [3.8, 4) is 0 Å². The van der Waals surface area contributed by atoms with E-state index in [0.29, 0.717) is 19.6 Å². The Bertz CT molecular complexity index is 833. The highest BCUT2D eigenvalue weighted by Gasteiger charge is 2.50. The van der Waals surface area contributed by atoms with Crippen LogP contribution in [0.2, 0.25) is 0 Å². The maximum absolute atomic E-state index is 13.2. The highest BCUT2D eigenvalue weighted by atomic mass is 19.3. The fraction of sp³-hybridized carbons (Fsp3) is 0.450. The molecule has 1 aromatic heterocycles. The standard InChI is InChI=1S/C20H22F2N4O2/c21-20(22)9-16(10-20)19(28)25-6-7-26(18(27)8-14-11-23-24-12-14)17(13-25)15-4-2-1-3-5-15/h1-5,11-12,16-17H,6-10,13H2,(H,23,24). The van der Waals surface area contributed by atoms with E-state index in [0.717, 1.165) is 11.1 Å². The van der Waals surface area contributed by atoms with E-state index in [1.165, 1.54) is 0 Å². The van der Waals surface area contributed by atoms with Crippen LogP contribution in [0.15, 0.2) is 42.7 Å². The zero-order chi connectivity index (χ0) is 19.7. The number of piperazine rings is 1. The second-order valence-corrected chi connectivity index (χ2v) is 7.54. The summed E-state index contributed by atoms with van der Waals surface area (Å²) in [6.45, 7) is 1.06. The molecule has 0 spiro atoms. The molecule has 2 aromatic rings. The molecule has 1 aliphatic heterocycles. The van der Waals surface area contributed by atoms with Gasteiger partial charge in [0.1, 0.15) is 0 Å². The molecule has 1 saturated heterocycles. The second kappa shape index (κ2) is 7.33. The van der Waals surface area contributed by atoms with Crippen molar-refractivity contribution in [2.75, 3.05) is 19.6 Å². The molecule has 0 bridgehead atoms. The van der Waals surface area contributed by atoms with Crippen LogP contribution in [-0.2, 0) is 16.0 Å². The molecule has 1 aromatic carbocycles. The van der Waals surface area contributed by atoms with Gasteiger partial charge >= 0.3 is 0 Å². The maximum atomic E-state index is 13.2. The maximum Gasteiger partial charge on any atom is 0.249 e. The number of hydrogen-bond acceptors (Lipinski definition) is 3. The number of aromatic amines is 1. The van der Waals surface area contributed by atoms with Crippen molar-refractivity contribution >= 4 is 11.8 Å². The third-order valence-electron chi connectivity index (χ3n) is 5.55. The van der Waals surface area contributed by atoms with Crippen LogP contribution in [0.1, 0.15) is 30.0 Å². The van der Waals surface area contributed by atoms with Crippen molar-refractivity contribution in [1.82, 2.24) is 20.0 Å². The molecule has 2 fully saturated rings. The Hall–Kier alpha value is -2.77. The smallest absolute Gasteiger partial charge is 0.249 e. The Labute approximate surface area is 161 Å². The summed E-state index contributed by atoms with van der Waals surface area (Å²) in [4.78, 5) is 29.0. The first kappa shape index (κ1) is 18.6. The predicted octanol–water partition coefficient (Wildman–Crippen LogP) is 2.41. The Kier molecular flexibility index (Phi) is 4.87. The first-order valence-corrected chi connectivity index (χ1v) is 9.42. The number of nitrogens with one attached hydrogen (secondary N) is 1. The van der Waals surface area contributed by atoms with E-state index in [2.05, 4.69) is 10.2 Å². The number of hydrogen-bond donors (Lipinski definition) is 1. The van der Waals surface area contributed by atoms with Gasteiger partial charge in [0.2, 0.25) is 17.7 Å². The average Bonchev–Trinajstić information content (AvgIpc) is 3.18. The molecule has 1 aliphatic carbocycles. The molecule has 1 atom stereocenters. The number of H-pyrrole nitrogens is 1. The molecule has 6 nitrogen and oxygen atoms in total. The van der Waals surface area contributed by atoms with Gasteiger partial charge in [0.05, 0.1) is 18.7 Å². The fourth-order valence-corrected chi connectivity index (χ4v) is 3.99. The number of carbonyl (C=O) groups excluding carboxylic acids is 2. The first-order chi connectivity index (χ1) is 13.4. The average molecular weight is 388 g/mol. The van der Waals surface area contributed by atoms with Gasteiger partial charge in [-0.1, -0.05) is 30.3 Å². The van der Waals surface area contributed by atoms with Crippen molar-refractivity contribution in [2.24, 2.45) is 5.92 Å². The van der Waals surface area contributed by atoms with Crippen LogP contribution >= 0.6 is 0 Å². The second-order valence-electron chi connectivity index (χ2n) is 7.54. The molecule has 2 aliphatic rings. The van der Waals surface area contributed by atoms with Crippen LogP contribution in [0, 0.1) is 5.92 Å². The van der Waals surface area contributed by atoms with Crippen LogP contribution in [0.4, 0.5) is 8.78 Å². The van der Waals surface area contributed by atoms with Gasteiger partial charge in [-0.15, -0.1) is 0 Å². The summed E-state index contributed by atoms with van der Waals surface area (Å²) >= 11 is 0. The van der Waals surface area contributed by atoms with E-state index in [-0.39, 0.29) is 37.1 Å². The molecule has 0 radical (unpaired) electrons. The number of benzene rings is 1. The summed E-state index contributed by atoms with van der Waals surface area (Å²) in [5.41, 5.74) is 1.73. The molecule has 8 heteroatoms. The minimum absolute atomic E-state index is 0.0440. The van der Waals surface area contributed by atoms with Crippen LogP contribution < -0.4 is 0 Å². The van der Waals surface area contributed by atoms with E-state index in [1.807, 2.05) is 30.3 Å². The number of amides is 2. The van der Waals surface area contributed by atoms with Gasteiger partial charge in [0.15, 0.2) is 0 Å². The zero-order valence-corrected chi connectivity index (χ0v) is 15.4. The highest BCUT2D eigenvalue weighted by Crippen LogP contribution is 2.43. The topological polar surface area (TPSA) is 69.3 Å². The Morgan fingerprint density at radius 2 is 1.93 bits per heavy atom. The van der Waals surface area contributed by atoms with E-state index in [1.54, 1.807) is 22.2 Å². The highest BCUT2D eigenvalue weighted by molar-refractivity contribution is 5.82. The largest absolute Gasteiger partial charge is 0.338 e. The van der Waals surface area contributed by atoms with Gasteiger partial charge in [0, 0.05) is 44.6 Å². The van der Waals surface area contributed by atoms with Gasteiger partial charge in [-0.2, -0.15) is 5.10 Å². The van der Waals surface area contributed by atoms with Crippen molar-refractivity contribution < 1.29 is 18.4 Å². The Morgan fingerprint density at radius 1 is 1.18 bits per heavy atom. The summed E-state index contributed by atoms with van der Waals surface area (Å²) < 4.78 is 26.3. The first-order valence-electron chi connectivity index (χ1n) is 9.42. The molecule has 2 amide bonds. The van der Waals surface area contributed by atoms with Gasteiger partial charge < -0.3 is 9.80 Å². The zero-order valence-electron chi connectivity index (χ0n) is 15.4. The van der Waals surface area contributed by atoms with Gasteiger partial charge in [0.25, 0.3) is 0 Å². The fourth-order valence-electron chi connectivity index (χ4n) is 3.99. The summed E-state index contributed by atoms with van der Waals surface area (Å²) in [6.07, 6.45) is 2.78. The lowest BCUT2D eigenvalue weighted by atomic mass is 9.80. The minimum Gasteiger partial charge on any atom is -0.338 e. The van der Waals surface area contributed by atoms with E-state index in [4.69, 9.17) is 0 Å². The van der Waals surface area contributed by atoms with Crippen molar-refractivity contribution in [3.63, 3.8) is 0 Å². The third-order valence-corrected chi connectivity index (χ3v) is 5.55. The minimum atomic E-state index is -2.72. The van der Waals surface area contributed by atoms with Gasteiger partial charge in [-0.3, -0.25) is 14.7 Å². The van der Waals surface area contributed by atoms with Gasteiger partial charge in [-0.05, 0) is 11.1 Å². The number of carbonyl (C=O) groups is 2. The molecule has 28 heavy (non-hydrogen) atoms. The quantitative estimate of drug-likeness (QED) is 0.875. The number of halogens is 2. The number of rotatable bonds is 4. The SMILES string of the molecule is O=C(C1CC(F)(F)C1)N1CCN(C(=O)Cc2cn[nH]c2)C(c2ccccc2)C1. The van der Waals surface area contributed by atoms with Crippen molar-refractivity contribution in [3.05, 3.63) is 53.9 Å². The van der Waals surface area contributed by atoms with E-state index in [9.17, 15) is 18.4 Å². The molecule has 2 heterocycles. The molecular weight excluding hydrogens is 366 g/mol. The summed E-state index contributed by atoms with van der Waals surface area (Å²) in [5.74, 6) is -3.60. The molecule has 1 saturated carbocycles. The molecule has 4 rings (SSSR count). The molecule has 148 valence electrons. The van der Waals surface area contributed by atoms with E-state index < -0.39 is 11.8 Å². The van der Waals surface area contributed by atoms with E-state index >= 15 is 0 Å². The lowest BCUT2D eigenvalue weighted by molar-refractivity contribution is -0.163. The lowest BCUT2D eigenvalue weighted by Crippen LogP contribution is -2.56. The van der Waals surface area contributed by atoms with Crippen molar-refractivity contribution in [1.29, 1.82) is 0 Å².